The number of benzene rings is 2. The first-order valence-corrected chi connectivity index (χ1v) is 9.32. The first kappa shape index (κ1) is 19.5. The Hall–Kier alpha value is -3.21. The summed E-state index contributed by atoms with van der Waals surface area (Å²) < 4.78 is 0. The van der Waals surface area contributed by atoms with Gasteiger partial charge in [0.25, 0.3) is 0 Å². The molecule has 0 bridgehead atoms. The molecule has 5 nitrogen and oxygen atoms in total. The lowest BCUT2D eigenvalue weighted by molar-refractivity contribution is 0.101. The van der Waals surface area contributed by atoms with Gasteiger partial charge in [0.05, 0.1) is 0 Å². The second-order valence-corrected chi connectivity index (χ2v) is 7.90. The fraction of sp³-hybridized carbons (Fsp3) is 0.261. The van der Waals surface area contributed by atoms with Gasteiger partial charge in [-0.25, -0.2) is 4.98 Å². The van der Waals surface area contributed by atoms with Gasteiger partial charge in [-0.1, -0.05) is 51.1 Å². The lowest BCUT2D eigenvalue weighted by Gasteiger charge is -2.23. The normalized spacial score (nSPS) is 11.2. The van der Waals surface area contributed by atoms with Crippen LogP contribution in [0.4, 0.5) is 23.1 Å². The number of carbonyl (C=O) groups is 1. The molecule has 0 aliphatic carbocycles. The first-order chi connectivity index (χ1) is 13.2. The molecule has 0 atom stereocenters. The number of aryl methyl sites for hydroxylation is 1. The van der Waals surface area contributed by atoms with Crippen molar-refractivity contribution in [3.8, 4) is 0 Å². The summed E-state index contributed by atoms with van der Waals surface area (Å²) in [5, 5.41) is 6.63. The summed E-state index contributed by atoms with van der Waals surface area (Å²) in [6, 6.07) is 17.5. The minimum atomic E-state index is 0.00161. The summed E-state index contributed by atoms with van der Waals surface area (Å²) in [5.74, 6) is 1.23. The zero-order valence-electron chi connectivity index (χ0n) is 17.0. The number of Topliss-reactive ketones (excluding diaryl/α,β-unsaturated/α-hetero) is 1. The van der Waals surface area contributed by atoms with Crippen LogP contribution in [-0.4, -0.2) is 15.8 Å². The molecule has 2 N–H and O–H groups in total. The molecule has 0 unspecified atom stereocenters. The number of hydrogen-bond donors (Lipinski definition) is 2. The second kappa shape index (κ2) is 7.80. The Labute approximate surface area is 166 Å². The summed E-state index contributed by atoms with van der Waals surface area (Å²) in [6.07, 6.45) is 0. The molecule has 0 saturated heterocycles. The van der Waals surface area contributed by atoms with Crippen molar-refractivity contribution in [2.45, 2.75) is 40.0 Å². The van der Waals surface area contributed by atoms with E-state index in [1.165, 1.54) is 5.56 Å². The van der Waals surface area contributed by atoms with Gasteiger partial charge < -0.3 is 10.6 Å². The van der Waals surface area contributed by atoms with Crippen molar-refractivity contribution < 1.29 is 4.79 Å². The Kier molecular flexibility index (Phi) is 5.45. The average Bonchev–Trinajstić information content (AvgIpc) is 2.61. The summed E-state index contributed by atoms with van der Waals surface area (Å²) in [7, 11) is 0. The summed E-state index contributed by atoms with van der Waals surface area (Å²) in [5.41, 5.74) is 4.51. The molecule has 0 aliphatic heterocycles. The van der Waals surface area contributed by atoms with Crippen molar-refractivity contribution in [3.63, 3.8) is 0 Å². The highest BCUT2D eigenvalue weighted by Gasteiger charge is 2.18. The summed E-state index contributed by atoms with van der Waals surface area (Å²) in [4.78, 5) is 20.7. The number of ketones is 1. The van der Waals surface area contributed by atoms with Crippen molar-refractivity contribution in [2.75, 3.05) is 10.6 Å². The minimum absolute atomic E-state index is 0.00161. The zero-order valence-corrected chi connectivity index (χ0v) is 17.0. The van der Waals surface area contributed by atoms with Crippen molar-refractivity contribution in [1.82, 2.24) is 9.97 Å². The van der Waals surface area contributed by atoms with Crippen molar-refractivity contribution in [1.29, 1.82) is 0 Å². The molecule has 0 spiro atoms. The van der Waals surface area contributed by atoms with E-state index in [1.54, 1.807) is 13.0 Å². The molecule has 5 heteroatoms. The lowest BCUT2D eigenvalue weighted by atomic mass is 9.86. The predicted molar refractivity (Wildman–Crippen MR) is 115 cm³/mol. The fourth-order valence-corrected chi connectivity index (χ4v) is 3.02. The van der Waals surface area contributed by atoms with Gasteiger partial charge in [0.15, 0.2) is 5.78 Å². The highest BCUT2D eigenvalue weighted by Crippen LogP contribution is 2.31. The third kappa shape index (κ3) is 4.74. The molecule has 0 amide bonds. The molecule has 0 radical (unpaired) electrons. The van der Waals surface area contributed by atoms with Crippen LogP contribution < -0.4 is 10.6 Å². The zero-order chi connectivity index (χ0) is 20.3. The van der Waals surface area contributed by atoms with Gasteiger partial charge >= 0.3 is 0 Å². The van der Waals surface area contributed by atoms with Crippen LogP contribution in [-0.2, 0) is 5.41 Å². The third-order valence-electron chi connectivity index (χ3n) is 4.38. The molecule has 28 heavy (non-hydrogen) atoms. The lowest BCUT2D eigenvalue weighted by Crippen LogP contribution is -2.14. The molecular weight excluding hydrogens is 348 g/mol. The van der Waals surface area contributed by atoms with Gasteiger partial charge in [0.1, 0.15) is 5.82 Å². The summed E-state index contributed by atoms with van der Waals surface area (Å²) in [6.45, 7) is 10.0. The van der Waals surface area contributed by atoms with Gasteiger partial charge in [-0.2, -0.15) is 4.98 Å². The Morgan fingerprint density at radius 1 is 0.929 bits per heavy atom. The Morgan fingerprint density at radius 2 is 1.68 bits per heavy atom. The highest BCUT2D eigenvalue weighted by atomic mass is 16.1. The number of para-hydroxylation sites is 1. The molecule has 0 saturated carbocycles. The number of rotatable bonds is 5. The largest absolute Gasteiger partial charge is 0.340 e. The van der Waals surface area contributed by atoms with Crippen LogP contribution in [0, 0.1) is 6.92 Å². The van der Waals surface area contributed by atoms with Crippen LogP contribution in [0.1, 0.15) is 49.3 Å². The maximum Gasteiger partial charge on any atom is 0.229 e. The maximum absolute atomic E-state index is 11.6. The van der Waals surface area contributed by atoms with Crippen LogP contribution in [0.5, 0.6) is 0 Å². The van der Waals surface area contributed by atoms with E-state index in [1.807, 2.05) is 49.4 Å². The monoisotopic (exact) mass is 374 g/mol. The molecule has 3 aromatic rings. The van der Waals surface area contributed by atoms with Crippen LogP contribution >= 0.6 is 0 Å². The molecular formula is C23H26N4O. The second-order valence-electron chi connectivity index (χ2n) is 7.90. The Bertz CT molecular complexity index is 1010. The van der Waals surface area contributed by atoms with Gasteiger partial charge in [0, 0.05) is 28.7 Å². The maximum atomic E-state index is 11.6. The van der Waals surface area contributed by atoms with Crippen LogP contribution in [0.25, 0.3) is 0 Å². The molecule has 3 rings (SSSR count). The van der Waals surface area contributed by atoms with E-state index in [4.69, 9.17) is 0 Å². The molecule has 1 heterocycles. The van der Waals surface area contributed by atoms with E-state index in [9.17, 15) is 4.79 Å². The number of nitrogens with zero attached hydrogens (tertiary/aromatic N) is 2. The molecule has 0 aliphatic rings. The van der Waals surface area contributed by atoms with Gasteiger partial charge in [0.2, 0.25) is 5.95 Å². The van der Waals surface area contributed by atoms with E-state index < -0.39 is 0 Å². The third-order valence-corrected chi connectivity index (χ3v) is 4.38. The van der Waals surface area contributed by atoms with Crippen LogP contribution in [0.2, 0.25) is 0 Å². The minimum Gasteiger partial charge on any atom is -0.340 e. The van der Waals surface area contributed by atoms with Crippen molar-refractivity contribution >= 4 is 28.9 Å². The Balaban J connectivity index is 1.89. The topological polar surface area (TPSA) is 66.9 Å². The number of anilines is 4. The smallest absolute Gasteiger partial charge is 0.229 e. The molecule has 2 aromatic carbocycles. The van der Waals surface area contributed by atoms with E-state index in [2.05, 4.69) is 47.4 Å². The van der Waals surface area contributed by atoms with Gasteiger partial charge in [-0.05, 0) is 43.0 Å². The first-order valence-electron chi connectivity index (χ1n) is 9.32. The SMILES string of the molecule is CC(=O)c1cccc(Nc2cc(C)nc(Nc3ccccc3C(C)(C)C)n2)c1. The van der Waals surface area contributed by atoms with E-state index >= 15 is 0 Å². The average molecular weight is 374 g/mol. The predicted octanol–water partition coefficient (Wildman–Crippen LogP) is 5.77. The van der Waals surface area contributed by atoms with Crippen molar-refractivity contribution in [3.05, 3.63) is 71.4 Å². The van der Waals surface area contributed by atoms with E-state index in [0.717, 1.165) is 17.1 Å². The van der Waals surface area contributed by atoms with E-state index in [0.29, 0.717) is 17.3 Å². The standard InChI is InChI=1S/C23H26N4O/c1-15-13-21(25-18-10-8-9-17(14-18)16(2)28)27-22(24-15)26-20-12-7-6-11-19(20)23(3,4)5/h6-14H,1-5H3,(H2,24,25,26,27). The van der Waals surface area contributed by atoms with Crippen LogP contribution in [0.3, 0.4) is 0 Å². The summed E-state index contributed by atoms with van der Waals surface area (Å²) >= 11 is 0. The molecule has 0 fully saturated rings. The molecule has 144 valence electrons. The van der Waals surface area contributed by atoms with Gasteiger partial charge in [-0.15, -0.1) is 0 Å². The fourth-order valence-electron chi connectivity index (χ4n) is 3.02. The van der Waals surface area contributed by atoms with Crippen LogP contribution in [0.15, 0.2) is 54.6 Å². The van der Waals surface area contributed by atoms with Crippen molar-refractivity contribution in [2.24, 2.45) is 0 Å². The number of hydrogen-bond acceptors (Lipinski definition) is 5. The van der Waals surface area contributed by atoms with Gasteiger partial charge in [-0.3, -0.25) is 4.79 Å². The number of nitrogens with one attached hydrogen (secondary N) is 2. The molecule has 1 aromatic heterocycles. The number of aromatic nitrogens is 2. The highest BCUT2D eigenvalue weighted by molar-refractivity contribution is 5.95. The quantitative estimate of drug-likeness (QED) is 0.555. The Morgan fingerprint density at radius 3 is 2.39 bits per heavy atom. The number of carbonyl (C=O) groups excluding carboxylic acids is 1. The van der Waals surface area contributed by atoms with E-state index in [-0.39, 0.29) is 11.2 Å².